The number of esters is 1. The van der Waals surface area contributed by atoms with Crippen LogP contribution in [-0.2, 0) is 19.1 Å². The molecule has 0 aromatic heterocycles. The number of likely N-dealkylation sites (N-methyl/N-ethyl adjacent to an activating group) is 1. The Morgan fingerprint density at radius 1 is 1.24 bits per heavy atom. The van der Waals surface area contributed by atoms with E-state index in [9.17, 15) is 19.2 Å². The van der Waals surface area contributed by atoms with Crippen molar-refractivity contribution in [3.05, 3.63) is 23.8 Å². The lowest BCUT2D eigenvalue weighted by atomic mass is 10.2. The van der Waals surface area contributed by atoms with Crippen LogP contribution in [0.4, 0.5) is 5.69 Å². The highest BCUT2D eigenvalue weighted by Crippen LogP contribution is 2.31. The molecule has 25 heavy (non-hydrogen) atoms. The van der Waals surface area contributed by atoms with Gasteiger partial charge in [0, 0.05) is 23.6 Å². The van der Waals surface area contributed by atoms with Gasteiger partial charge < -0.3 is 20.7 Å². The summed E-state index contributed by atoms with van der Waals surface area (Å²) in [7, 11) is 0. The maximum Gasteiger partial charge on any atom is 0.338 e. The highest BCUT2D eigenvalue weighted by molar-refractivity contribution is 7.99. The van der Waals surface area contributed by atoms with Crippen molar-refractivity contribution in [3.8, 4) is 0 Å². The van der Waals surface area contributed by atoms with Crippen LogP contribution in [0.5, 0.6) is 0 Å². The molecule has 1 heterocycles. The van der Waals surface area contributed by atoms with Crippen molar-refractivity contribution in [2.45, 2.75) is 18.2 Å². The van der Waals surface area contributed by atoms with Crippen molar-refractivity contribution in [3.63, 3.8) is 0 Å². The molecule has 0 atom stereocenters. The SMILES string of the molecule is CCNC(=O)CNC(=O)COC(=O)c1ccc2c(c1)NC(=O)CCS2. The second-order valence-corrected chi connectivity index (χ2v) is 6.30. The Labute approximate surface area is 149 Å². The molecule has 0 aliphatic carbocycles. The predicted octanol–water partition coefficient (Wildman–Crippen LogP) is 0.530. The van der Waals surface area contributed by atoms with Gasteiger partial charge in [-0.05, 0) is 25.1 Å². The van der Waals surface area contributed by atoms with E-state index in [0.29, 0.717) is 24.4 Å². The molecular formula is C16H19N3O5S. The summed E-state index contributed by atoms with van der Waals surface area (Å²) in [4.78, 5) is 47.3. The summed E-state index contributed by atoms with van der Waals surface area (Å²) in [5.74, 6) is -1.01. The molecule has 2 rings (SSSR count). The van der Waals surface area contributed by atoms with Crippen LogP contribution in [-0.4, -0.2) is 49.1 Å². The fourth-order valence-electron chi connectivity index (χ4n) is 2.05. The number of anilines is 1. The van der Waals surface area contributed by atoms with Gasteiger partial charge in [0.05, 0.1) is 17.8 Å². The smallest absolute Gasteiger partial charge is 0.338 e. The zero-order chi connectivity index (χ0) is 18.2. The molecule has 0 fully saturated rings. The lowest BCUT2D eigenvalue weighted by Gasteiger charge is -2.09. The van der Waals surface area contributed by atoms with E-state index in [1.165, 1.54) is 17.8 Å². The summed E-state index contributed by atoms with van der Waals surface area (Å²) in [6.07, 6.45) is 0.408. The largest absolute Gasteiger partial charge is 0.452 e. The topological polar surface area (TPSA) is 114 Å². The van der Waals surface area contributed by atoms with Crippen molar-refractivity contribution in [1.29, 1.82) is 0 Å². The van der Waals surface area contributed by atoms with Gasteiger partial charge in [-0.15, -0.1) is 11.8 Å². The van der Waals surface area contributed by atoms with E-state index >= 15 is 0 Å². The summed E-state index contributed by atoms with van der Waals surface area (Å²) in [5.41, 5.74) is 0.792. The van der Waals surface area contributed by atoms with Crippen molar-refractivity contribution in [1.82, 2.24) is 10.6 Å². The number of fused-ring (bicyclic) bond motifs is 1. The number of ether oxygens (including phenoxy) is 1. The Kier molecular flexibility index (Phi) is 6.81. The van der Waals surface area contributed by atoms with Gasteiger partial charge in [-0.3, -0.25) is 14.4 Å². The summed E-state index contributed by atoms with van der Waals surface area (Å²) in [6.45, 7) is 1.57. The molecule has 9 heteroatoms. The summed E-state index contributed by atoms with van der Waals surface area (Å²) >= 11 is 1.53. The maximum absolute atomic E-state index is 12.0. The van der Waals surface area contributed by atoms with Gasteiger partial charge in [0.2, 0.25) is 11.8 Å². The fourth-order valence-corrected chi connectivity index (χ4v) is 2.99. The van der Waals surface area contributed by atoms with E-state index in [4.69, 9.17) is 4.74 Å². The van der Waals surface area contributed by atoms with Crippen molar-refractivity contribution in [2.24, 2.45) is 0 Å². The minimum absolute atomic E-state index is 0.110. The number of nitrogens with one attached hydrogen (secondary N) is 3. The zero-order valence-electron chi connectivity index (χ0n) is 13.7. The molecule has 1 aliphatic rings. The normalized spacial score (nSPS) is 13.1. The van der Waals surface area contributed by atoms with Crippen molar-refractivity contribution < 1.29 is 23.9 Å². The molecule has 0 spiro atoms. The molecule has 1 aromatic carbocycles. The van der Waals surface area contributed by atoms with Crippen LogP contribution >= 0.6 is 11.8 Å². The predicted molar refractivity (Wildman–Crippen MR) is 92.4 cm³/mol. The molecule has 1 aromatic rings. The molecule has 0 saturated heterocycles. The third kappa shape index (κ3) is 5.79. The molecule has 0 unspecified atom stereocenters. The summed E-state index contributed by atoms with van der Waals surface area (Å²) in [6, 6.07) is 4.84. The zero-order valence-corrected chi connectivity index (χ0v) is 14.5. The van der Waals surface area contributed by atoms with Crippen LogP contribution in [0.2, 0.25) is 0 Å². The average molecular weight is 365 g/mol. The molecule has 134 valence electrons. The first-order valence-corrected chi connectivity index (χ1v) is 8.75. The third-order valence-electron chi connectivity index (χ3n) is 3.23. The quantitative estimate of drug-likeness (QED) is 0.634. The fraction of sp³-hybridized carbons (Fsp3) is 0.375. The van der Waals surface area contributed by atoms with E-state index in [-0.39, 0.29) is 23.9 Å². The number of hydrogen-bond acceptors (Lipinski definition) is 6. The van der Waals surface area contributed by atoms with Crippen LogP contribution in [0, 0.1) is 0 Å². The van der Waals surface area contributed by atoms with Crippen LogP contribution in [0.15, 0.2) is 23.1 Å². The highest BCUT2D eigenvalue weighted by atomic mass is 32.2. The Morgan fingerprint density at radius 2 is 2.04 bits per heavy atom. The van der Waals surface area contributed by atoms with Gasteiger partial charge in [0.1, 0.15) is 0 Å². The molecule has 8 nitrogen and oxygen atoms in total. The van der Waals surface area contributed by atoms with E-state index in [2.05, 4.69) is 16.0 Å². The van der Waals surface area contributed by atoms with E-state index in [1.54, 1.807) is 19.1 Å². The Bertz CT molecular complexity index is 692. The minimum Gasteiger partial charge on any atom is -0.452 e. The molecule has 3 amide bonds. The second kappa shape index (κ2) is 9.07. The van der Waals surface area contributed by atoms with Gasteiger partial charge in [-0.1, -0.05) is 0 Å². The van der Waals surface area contributed by atoms with Gasteiger partial charge in [0.25, 0.3) is 5.91 Å². The second-order valence-electron chi connectivity index (χ2n) is 5.16. The number of amides is 3. The summed E-state index contributed by atoms with van der Waals surface area (Å²) in [5, 5.41) is 7.62. The molecule has 1 aliphatic heterocycles. The van der Waals surface area contributed by atoms with E-state index < -0.39 is 18.5 Å². The number of carbonyl (C=O) groups excluding carboxylic acids is 4. The van der Waals surface area contributed by atoms with Crippen LogP contribution in [0.25, 0.3) is 0 Å². The number of benzene rings is 1. The van der Waals surface area contributed by atoms with Crippen LogP contribution in [0.1, 0.15) is 23.7 Å². The Hall–Kier alpha value is -2.55. The Balaban J connectivity index is 1.87. The molecule has 0 bridgehead atoms. The van der Waals surface area contributed by atoms with E-state index in [0.717, 1.165) is 4.90 Å². The number of thioether (sulfide) groups is 1. The van der Waals surface area contributed by atoms with Gasteiger partial charge in [0.15, 0.2) is 6.61 Å². The first-order valence-electron chi connectivity index (χ1n) is 7.77. The monoisotopic (exact) mass is 365 g/mol. The van der Waals surface area contributed by atoms with Gasteiger partial charge in [-0.2, -0.15) is 0 Å². The summed E-state index contributed by atoms with van der Waals surface area (Å²) < 4.78 is 4.93. The molecule has 0 saturated carbocycles. The van der Waals surface area contributed by atoms with Crippen molar-refractivity contribution in [2.75, 3.05) is 30.8 Å². The highest BCUT2D eigenvalue weighted by Gasteiger charge is 2.17. The lowest BCUT2D eigenvalue weighted by molar-refractivity contribution is -0.127. The third-order valence-corrected chi connectivity index (χ3v) is 4.31. The van der Waals surface area contributed by atoms with Crippen LogP contribution in [0.3, 0.4) is 0 Å². The minimum atomic E-state index is -0.681. The van der Waals surface area contributed by atoms with Crippen LogP contribution < -0.4 is 16.0 Å². The maximum atomic E-state index is 12.0. The number of hydrogen-bond donors (Lipinski definition) is 3. The van der Waals surface area contributed by atoms with Gasteiger partial charge >= 0.3 is 5.97 Å². The molecule has 0 radical (unpaired) electrons. The number of carbonyl (C=O) groups is 4. The number of rotatable bonds is 6. The first-order chi connectivity index (χ1) is 12.0. The molecular weight excluding hydrogens is 346 g/mol. The molecule has 3 N–H and O–H groups in total. The van der Waals surface area contributed by atoms with E-state index in [1.807, 2.05) is 0 Å². The average Bonchev–Trinajstić information content (AvgIpc) is 2.77. The standard InChI is InChI=1S/C16H19N3O5S/c1-2-17-14(21)8-18-15(22)9-24-16(23)10-3-4-12-11(7-10)19-13(20)5-6-25-12/h3-4,7H,2,5-6,8-9H2,1H3,(H,17,21)(H,18,22)(H,19,20). The van der Waals surface area contributed by atoms with Gasteiger partial charge in [-0.25, -0.2) is 4.79 Å². The lowest BCUT2D eigenvalue weighted by Crippen LogP contribution is -2.38. The van der Waals surface area contributed by atoms with Crippen molar-refractivity contribution >= 4 is 41.1 Å². The first kappa shape index (κ1) is 18.8. The Morgan fingerprint density at radius 3 is 2.80 bits per heavy atom.